The van der Waals surface area contributed by atoms with Gasteiger partial charge in [0.1, 0.15) is 40.3 Å². The molecule has 3 aliphatic rings. The Kier molecular flexibility index (Phi) is 6.22. The molecule has 2 saturated heterocycles. The van der Waals surface area contributed by atoms with Gasteiger partial charge in [-0.15, -0.1) is 0 Å². The number of halogens is 3. The standard InChI is InChI=1S/C23H26Cl2FN5O3/c1-12-10-29(2)7-8-30(12)22-17-21(34-11-13-9-27-5-6-31(13)23(17)33)18(25)19(28-22)16-15(26)4-3-14(24)20(16)32/h3-4,12-13,27,32H,5-11H2,1-2H3/t12-,13+/m0/s1. The van der Waals surface area contributed by atoms with Crippen LogP contribution < -0.4 is 15.0 Å². The topological polar surface area (TPSA) is 81.2 Å². The number of rotatable bonds is 2. The molecular formula is C23H26Cl2FN5O3. The number of aromatic hydroxyl groups is 1. The average Bonchev–Trinajstić information content (AvgIpc) is 2.96. The first-order valence-electron chi connectivity index (χ1n) is 11.3. The Morgan fingerprint density at radius 1 is 1.21 bits per heavy atom. The predicted octanol–water partition coefficient (Wildman–Crippen LogP) is 2.85. The van der Waals surface area contributed by atoms with Crippen LogP contribution in [0.15, 0.2) is 12.1 Å². The molecule has 182 valence electrons. The molecule has 34 heavy (non-hydrogen) atoms. The maximum Gasteiger partial charge on any atom is 0.261 e. The molecule has 5 rings (SSSR count). The van der Waals surface area contributed by atoms with Crippen molar-refractivity contribution in [1.29, 1.82) is 0 Å². The number of likely N-dealkylation sites (N-methyl/N-ethyl adjacent to an activating group) is 1. The van der Waals surface area contributed by atoms with Crippen molar-refractivity contribution in [1.82, 2.24) is 20.1 Å². The Hall–Kier alpha value is -2.33. The highest BCUT2D eigenvalue weighted by molar-refractivity contribution is 6.36. The van der Waals surface area contributed by atoms with Gasteiger partial charge in [-0.3, -0.25) is 4.79 Å². The number of phenols is 1. The van der Waals surface area contributed by atoms with Crippen LogP contribution in [0.2, 0.25) is 10.0 Å². The molecule has 0 radical (unpaired) electrons. The first-order chi connectivity index (χ1) is 16.3. The molecule has 8 nitrogen and oxygen atoms in total. The van der Waals surface area contributed by atoms with Gasteiger partial charge < -0.3 is 29.9 Å². The zero-order chi connectivity index (χ0) is 24.1. The Bertz CT molecular complexity index is 1150. The minimum atomic E-state index is -0.727. The average molecular weight is 510 g/mol. The number of fused-ring (bicyclic) bond motifs is 2. The number of piperazine rings is 2. The molecule has 3 aliphatic heterocycles. The fourth-order valence-corrected chi connectivity index (χ4v) is 5.40. The number of hydrogen-bond donors (Lipinski definition) is 2. The fourth-order valence-electron chi connectivity index (χ4n) is 4.95. The summed E-state index contributed by atoms with van der Waals surface area (Å²) in [5.41, 5.74) is 0.0457. The van der Waals surface area contributed by atoms with Crippen LogP contribution in [-0.4, -0.2) is 90.8 Å². The highest BCUT2D eigenvalue weighted by Gasteiger charge is 2.40. The van der Waals surface area contributed by atoms with Crippen LogP contribution >= 0.6 is 23.2 Å². The van der Waals surface area contributed by atoms with Crippen molar-refractivity contribution in [3.05, 3.63) is 33.6 Å². The first-order valence-corrected chi connectivity index (χ1v) is 12.0. The molecule has 0 bridgehead atoms. The van der Waals surface area contributed by atoms with Crippen molar-refractivity contribution in [2.24, 2.45) is 0 Å². The van der Waals surface area contributed by atoms with E-state index in [4.69, 9.17) is 32.9 Å². The van der Waals surface area contributed by atoms with E-state index in [0.29, 0.717) is 32.0 Å². The summed E-state index contributed by atoms with van der Waals surface area (Å²) in [6, 6.07) is 2.28. The van der Waals surface area contributed by atoms with E-state index in [9.17, 15) is 14.3 Å². The summed E-state index contributed by atoms with van der Waals surface area (Å²) < 4.78 is 21.1. The lowest BCUT2D eigenvalue weighted by atomic mass is 10.0. The molecule has 1 amide bonds. The van der Waals surface area contributed by atoms with Gasteiger partial charge in [0.25, 0.3) is 5.91 Å². The lowest BCUT2D eigenvalue weighted by Gasteiger charge is -2.40. The molecule has 2 atom stereocenters. The number of amides is 1. The summed E-state index contributed by atoms with van der Waals surface area (Å²) in [4.78, 5) is 24.6. The van der Waals surface area contributed by atoms with Crippen LogP contribution in [-0.2, 0) is 0 Å². The van der Waals surface area contributed by atoms with Gasteiger partial charge in [0.15, 0.2) is 5.75 Å². The van der Waals surface area contributed by atoms with Gasteiger partial charge >= 0.3 is 0 Å². The highest BCUT2D eigenvalue weighted by Crippen LogP contribution is 2.47. The van der Waals surface area contributed by atoms with Crippen LogP contribution in [0.5, 0.6) is 11.5 Å². The van der Waals surface area contributed by atoms with Gasteiger partial charge in [0.2, 0.25) is 0 Å². The van der Waals surface area contributed by atoms with Crippen molar-refractivity contribution in [3.8, 4) is 22.8 Å². The Morgan fingerprint density at radius 2 is 2.00 bits per heavy atom. The maximum atomic E-state index is 15.0. The normalized spacial score (nSPS) is 23.3. The molecule has 11 heteroatoms. The quantitative estimate of drug-likeness (QED) is 0.644. The summed E-state index contributed by atoms with van der Waals surface area (Å²) in [7, 11) is 2.04. The number of pyridine rings is 1. The molecule has 0 saturated carbocycles. The van der Waals surface area contributed by atoms with Gasteiger partial charge in [-0.1, -0.05) is 23.2 Å². The zero-order valence-corrected chi connectivity index (χ0v) is 20.5. The van der Waals surface area contributed by atoms with Crippen LogP contribution in [0.4, 0.5) is 10.2 Å². The monoisotopic (exact) mass is 509 g/mol. The number of nitrogens with one attached hydrogen (secondary N) is 1. The van der Waals surface area contributed by atoms with Crippen LogP contribution in [0.1, 0.15) is 17.3 Å². The molecule has 4 heterocycles. The second-order valence-electron chi connectivity index (χ2n) is 9.03. The number of carbonyl (C=O) groups excluding carboxylic acids is 1. The summed E-state index contributed by atoms with van der Waals surface area (Å²) in [5.74, 6) is -0.869. The summed E-state index contributed by atoms with van der Waals surface area (Å²) in [5, 5.41) is 13.8. The second-order valence-corrected chi connectivity index (χ2v) is 9.81. The SMILES string of the molecule is C[C@H]1CN(C)CCN1c1nc(-c2c(F)ccc(Cl)c2O)c(Cl)c2c1C(=O)N1CCNC[C@@H]1CO2. The first kappa shape index (κ1) is 23.4. The molecule has 2 aromatic rings. The lowest BCUT2D eigenvalue weighted by molar-refractivity contribution is 0.0606. The Labute approximate surface area is 207 Å². The van der Waals surface area contributed by atoms with E-state index in [2.05, 4.69) is 10.2 Å². The number of ether oxygens (including phenoxy) is 1. The van der Waals surface area contributed by atoms with E-state index in [1.165, 1.54) is 6.07 Å². The number of aromatic nitrogens is 1. The van der Waals surface area contributed by atoms with Crippen molar-refractivity contribution >= 4 is 34.9 Å². The number of hydrogen-bond acceptors (Lipinski definition) is 7. The third-order valence-corrected chi connectivity index (χ3v) is 7.39. The molecule has 2 N–H and O–H groups in total. The van der Waals surface area contributed by atoms with Crippen LogP contribution in [0.3, 0.4) is 0 Å². The molecule has 0 unspecified atom stereocenters. The molecule has 0 spiro atoms. The van der Waals surface area contributed by atoms with Crippen molar-refractivity contribution in [3.63, 3.8) is 0 Å². The Morgan fingerprint density at radius 3 is 2.76 bits per heavy atom. The number of anilines is 1. The summed E-state index contributed by atoms with van der Waals surface area (Å²) >= 11 is 12.8. The number of benzene rings is 1. The van der Waals surface area contributed by atoms with Crippen LogP contribution in [0.25, 0.3) is 11.3 Å². The summed E-state index contributed by atoms with van der Waals surface area (Å²) in [6.07, 6.45) is 0. The van der Waals surface area contributed by atoms with Gasteiger partial charge in [-0.25, -0.2) is 9.37 Å². The van der Waals surface area contributed by atoms with Gasteiger partial charge in [-0.05, 0) is 26.1 Å². The van der Waals surface area contributed by atoms with E-state index < -0.39 is 11.6 Å². The highest BCUT2D eigenvalue weighted by atomic mass is 35.5. The molecule has 1 aromatic carbocycles. The minimum absolute atomic E-state index is 0.00941. The van der Waals surface area contributed by atoms with Gasteiger partial charge in [-0.2, -0.15) is 0 Å². The third-order valence-electron chi connectivity index (χ3n) is 6.74. The third kappa shape index (κ3) is 3.84. The van der Waals surface area contributed by atoms with Crippen molar-refractivity contribution in [2.45, 2.75) is 19.0 Å². The van der Waals surface area contributed by atoms with E-state index >= 15 is 0 Å². The number of carbonyl (C=O) groups is 1. The molecule has 1 aromatic heterocycles. The van der Waals surface area contributed by atoms with Crippen molar-refractivity contribution in [2.75, 3.05) is 57.8 Å². The summed E-state index contributed by atoms with van der Waals surface area (Å²) in [6.45, 7) is 6.23. The molecule has 2 fully saturated rings. The number of phenolic OH excluding ortho intramolecular Hbond substituents is 1. The van der Waals surface area contributed by atoms with E-state index in [0.717, 1.165) is 19.2 Å². The Balaban J connectivity index is 1.75. The van der Waals surface area contributed by atoms with E-state index in [1.807, 2.05) is 18.9 Å². The molecule has 0 aliphatic carbocycles. The van der Waals surface area contributed by atoms with E-state index in [1.54, 1.807) is 4.90 Å². The lowest BCUT2D eigenvalue weighted by Crippen LogP contribution is -2.55. The smallest absolute Gasteiger partial charge is 0.261 e. The molecular weight excluding hydrogens is 484 g/mol. The maximum absolute atomic E-state index is 15.0. The van der Waals surface area contributed by atoms with Gasteiger partial charge in [0, 0.05) is 45.3 Å². The fraction of sp³-hybridized carbons (Fsp3) is 0.478. The van der Waals surface area contributed by atoms with Crippen molar-refractivity contribution < 1.29 is 19.0 Å². The van der Waals surface area contributed by atoms with Gasteiger partial charge in [0.05, 0.1) is 16.6 Å². The predicted molar refractivity (Wildman–Crippen MR) is 129 cm³/mol. The second kappa shape index (κ2) is 9.03. The number of nitrogens with zero attached hydrogens (tertiary/aromatic N) is 4. The van der Waals surface area contributed by atoms with Crippen LogP contribution in [0, 0.1) is 5.82 Å². The zero-order valence-electron chi connectivity index (χ0n) is 18.9. The van der Waals surface area contributed by atoms with E-state index in [-0.39, 0.29) is 57.2 Å². The minimum Gasteiger partial charge on any atom is -0.506 e. The largest absolute Gasteiger partial charge is 0.506 e.